The molecule has 0 aliphatic rings. The Morgan fingerprint density at radius 1 is 0.903 bits per heavy atom. The van der Waals surface area contributed by atoms with Gasteiger partial charge in [-0.2, -0.15) is 0 Å². The Hall–Kier alpha value is -3.57. The Kier molecular flexibility index (Phi) is 6.34. The predicted molar refractivity (Wildman–Crippen MR) is 122 cm³/mol. The molecule has 0 unspecified atom stereocenters. The zero-order chi connectivity index (χ0) is 21.6. The first kappa shape index (κ1) is 20.7. The van der Waals surface area contributed by atoms with E-state index in [1.807, 2.05) is 48.5 Å². The number of methoxy groups -OCH3 is 1. The van der Waals surface area contributed by atoms with E-state index in [-0.39, 0.29) is 5.43 Å². The number of fused-ring (bicyclic) bond motifs is 1. The summed E-state index contributed by atoms with van der Waals surface area (Å²) in [6.07, 6.45) is 0. The highest BCUT2D eigenvalue weighted by Crippen LogP contribution is 2.28. The van der Waals surface area contributed by atoms with Crippen molar-refractivity contribution in [3.8, 4) is 11.5 Å². The van der Waals surface area contributed by atoms with Gasteiger partial charge in [-0.1, -0.05) is 42.5 Å². The summed E-state index contributed by atoms with van der Waals surface area (Å²) < 4.78 is 17.3. The number of nitrogens with one attached hydrogen (secondary N) is 1. The van der Waals surface area contributed by atoms with E-state index < -0.39 is 0 Å². The Morgan fingerprint density at radius 3 is 2.42 bits per heavy atom. The molecule has 4 rings (SSSR count). The van der Waals surface area contributed by atoms with E-state index in [0.717, 1.165) is 16.9 Å². The van der Waals surface area contributed by atoms with Crippen molar-refractivity contribution in [1.29, 1.82) is 0 Å². The van der Waals surface area contributed by atoms with Gasteiger partial charge in [0.15, 0.2) is 5.43 Å². The first-order valence-electron chi connectivity index (χ1n) is 10.2. The Morgan fingerprint density at radius 2 is 1.68 bits per heavy atom. The fraction of sp³-hybridized carbons (Fsp3) is 0.192. The van der Waals surface area contributed by atoms with Crippen LogP contribution in [0.1, 0.15) is 22.5 Å². The van der Waals surface area contributed by atoms with Gasteiger partial charge in [0.1, 0.15) is 29.4 Å². The number of ether oxygens (including phenoxy) is 2. The minimum Gasteiger partial charge on any atom is -0.497 e. The molecule has 1 aromatic heterocycles. The number of aryl methyl sites for hydroxylation is 1. The minimum absolute atomic E-state index is 0.0511. The second-order valence-corrected chi connectivity index (χ2v) is 7.37. The number of hydrogen-bond donors (Lipinski definition) is 1. The highest BCUT2D eigenvalue weighted by molar-refractivity contribution is 5.82. The van der Waals surface area contributed by atoms with Gasteiger partial charge in [-0.15, -0.1) is 0 Å². The number of benzene rings is 3. The van der Waals surface area contributed by atoms with Crippen LogP contribution in [0.5, 0.6) is 11.5 Å². The number of rotatable bonds is 8. The molecule has 0 bridgehead atoms. The molecule has 5 nitrogen and oxygen atoms in total. The van der Waals surface area contributed by atoms with Crippen molar-refractivity contribution >= 4 is 11.0 Å². The van der Waals surface area contributed by atoms with Crippen LogP contribution in [0, 0.1) is 6.92 Å². The molecular weight excluding hydrogens is 390 g/mol. The molecule has 4 aromatic rings. The zero-order valence-electron chi connectivity index (χ0n) is 17.7. The lowest BCUT2D eigenvalue weighted by Gasteiger charge is -2.15. The van der Waals surface area contributed by atoms with E-state index in [9.17, 15) is 4.79 Å². The van der Waals surface area contributed by atoms with Crippen LogP contribution in [0.4, 0.5) is 0 Å². The van der Waals surface area contributed by atoms with Gasteiger partial charge in [0.05, 0.1) is 18.1 Å². The van der Waals surface area contributed by atoms with Gasteiger partial charge in [-0.05, 0) is 42.3 Å². The number of hydrogen-bond acceptors (Lipinski definition) is 5. The molecule has 1 heterocycles. The van der Waals surface area contributed by atoms with Gasteiger partial charge in [-0.25, -0.2) is 0 Å². The van der Waals surface area contributed by atoms with Gasteiger partial charge in [0, 0.05) is 19.2 Å². The predicted octanol–water partition coefficient (Wildman–Crippen LogP) is 4.98. The molecule has 0 saturated carbocycles. The Balaban J connectivity index is 1.61. The maximum atomic E-state index is 12.5. The average Bonchev–Trinajstić information content (AvgIpc) is 2.79. The van der Waals surface area contributed by atoms with Gasteiger partial charge in [0.25, 0.3) is 0 Å². The van der Waals surface area contributed by atoms with Gasteiger partial charge in [-0.3, -0.25) is 4.79 Å². The summed E-state index contributed by atoms with van der Waals surface area (Å²) in [4.78, 5) is 12.5. The third kappa shape index (κ3) is 4.95. The highest BCUT2D eigenvalue weighted by Gasteiger charge is 2.14. The second-order valence-electron chi connectivity index (χ2n) is 7.37. The van der Waals surface area contributed by atoms with Crippen LogP contribution < -0.4 is 20.2 Å². The van der Waals surface area contributed by atoms with Crippen LogP contribution in [-0.2, 0) is 19.7 Å². The first-order chi connectivity index (χ1) is 15.1. The van der Waals surface area contributed by atoms with Crippen molar-refractivity contribution in [2.24, 2.45) is 0 Å². The van der Waals surface area contributed by atoms with E-state index in [1.165, 1.54) is 11.6 Å². The summed E-state index contributed by atoms with van der Waals surface area (Å²) in [6.45, 7) is 3.39. The lowest BCUT2D eigenvalue weighted by atomic mass is 10.1. The third-order valence-electron chi connectivity index (χ3n) is 5.11. The van der Waals surface area contributed by atoms with Crippen molar-refractivity contribution in [2.75, 3.05) is 7.11 Å². The van der Waals surface area contributed by atoms with Crippen molar-refractivity contribution in [3.05, 3.63) is 105 Å². The average molecular weight is 415 g/mol. The molecule has 5 heteroatoms. The molecule has 3 aromatic carbocycles. The molecule has 158 valence electrons. The largest absolute Gasteiger partial charge is 0.497 e. The maximum Gasteiger partial charge on any atom is 0.192 e. The SMILES string of the molecule is COc1ccc(COc2ccc3c(=O)cc(C)oc3c2CNCc2ccccc2)cc1. The fourth-order valence-electron chi connectivity index (χ4n) is 3.49. The molecule has 0 fully saturated rings. The van der Waals surface area contributed by atoms with Gasteiger partial charge in [0.2, 0.25) is 0 Å². The summed E-state index contributed by atoms with van der Waals surface area (Å²) in [6, 6.07) is 23.0. The van der Waals surface area contributed by atoms with E-state index in [1.54, 1.807) is 20.1 Å². The molecule has 0 spiro atoms. The third-order valence-corrected chi connectivity index (χ3v) is 5.11. The minimum atomic E-state index is -0.0511. The summed E-state index contributed by atoms with van der Waals surface area (Å²) in [7, 11) is 1.64. The molecule has 0 amide bonds. The molecule has 31 heavy (non-hydrogen) atoms. The second kappa shape index (κ2) is 9.49. The normalized spacial score (nSPS) is 10.9. The van der Waals surface area contributed by atoms with Crippen LogP contribution in [0.3, 0.4) is 0 Å². The van der Waals surface area contributed by atoms with E-state index in [4.69, 9.17) is 13.9 Å². The van der Waals surface area contributed by atoms with E-state index in [0.29, 0.717) is 42.2 Å². The monoisotopic (exact) mass is 415 g/mol. The summed E-state index contributed by atoms with van der Waals surface area (Å²) >= 11 is 0. The van der Waals surface area contributed by atoms with Crippen LogP contribution >= 0.6 is 0 Å². The van der Waals surface area contributed by atoms with E-state index >= 15 is 0 Å². The standard InChI is InChI=1S/C26H25NO4/c1-18-14-24(28)22-12-13-25(30-17-20-8-10-21(29-2)11-9-20)23(26(22)31-18)16-27-15-19-6-4-3-5-7-19/h3-14,27H,15-17H2,1-2H3. The smallest absolute Gasteiger partial charge is 0.192 e. The molecule has 0 aliphatic carbocycles. The van der Waals surface area contributed by atoms with Crippen LogP contribution in [0.2, 0.25) is 0 Å². The first-order valence-corrected chi connectivity index (χ1v) is 10.2. The molecule has 0 saturated heterocycles. The zero-order valence-corrected chi connectivity index (χ0v) is 17.7. The van der Waals surface area contributed by atoms with Gasteiger partial charge < -0.3 is 19.2 Å². The van der Waals surface area contributed by atoms with Crippen molar-refractivity contribution in [3.63, 3.8) is 0 Å². The molecule has 0 atom stereocenters. The maximum absolute atomic E-state index is 12.5. The quantitative estimate of drug-likeness (QED) is 0.440. The lowest BCUT2D eigenvalue weighted by molar-refractivity contribution is 0.301. The Labute approximate surface area is 181 Å². The molecule has 1 N–H and O–H groups in total. The Bertz CT molecular complexity index is 1210. The molecule has 0 radical (unpaired) electrons. The van der Waals surface area contributed by atoms with Crippen LogP contribution in [0.25, 0.3) is 11.0 Å². The van der Waals surface area contributed by atoms with Crippen molar-refractivity contribution in [1.82, 2.24) is 5.32 Å². The fourth-order valence-corrected chi connectivity index (χ4v) is 3.49. The topological polar surface area (TPSA) is 60.7 Å². The summed E-state index contributed by atoms with van der Waals surface area (Å²) in [5, 5.41) is 4.00. The van der Waals surface area contributed by atoms with Crippen molar-refractivity contribution < 1.29 is 13.9 Å². The summed E-state index contributed by atoms with van der Waals surface area (Å²) in [5.41, 5.74) is 3.56. The molecular formula is C26H25NO4. The summed E-state index contributed by atoms with van der Waals surface area (Å²) in [5.74, 6) is 2.07. The van der Waals surface area contributed by atoms with Crippen molar-refractivity contribution in [2.45, 2.75) is 26.6 Å². The van der Waals surface area contributed by atoms with Crippen LogP contribution in [0.15, 0.2) is 82.0 Å². The van der Waals surface area contributed by atoms with E-state index in [2.05, 4.69) is 17.4 Å². The van der Waals surface area contributed by atoms with Gasteiger partial charge >= 0.3 is 0 Å². The highest BCUT2D eigenvalue weighted by atomic mass is 16.5. The molecule has 0 aliphatic heterocycles. The van der Waals surface area contributed by atoms with Crippen LogP contribution in [-0.4, -0.2) is 7.11 Å². The lowest BCUT2D eigenvalue weighted by Crippen LogP contribution is -2.15.